The van der Waals surface area contributed by atoms with E-state index in [9.17, 15) is 4.79 Å². The summed E-state index contributed by atoms with van der Waals surface area (Å²) in [7, 11) is 0. The van der Waals surface area contributed by atoms with E-state index < -0.39 is 0 Å². The van der Waals surface area contributed by atoms with Gasteiger partial charge in [-0.3, -0.25) is 4.79 Å². The molecule has 2 aliphatic rings. The van der Waals surface area contributed by atoms with Gasteiger partial charge in [-0.25, -0.2) is 4.99 Å². The minimum absolute atomic E-state index is 0.0673. The van der Waals surface area contributed by atoms with Crippen molar-refractivity contribution in [3.63, 3.8) is 0 Å². The van der Waals surface area contributed by atoms with Crippen molar-refractivity contribution in [1.82, 2.24) is 0 Å². The maximum absolute atomic E-state index is 10.7. The zero-order chi connectivity index (χ0) is 6.97. The minimum Gasteiger partial charge on any atom is -0.273 e. The predicted molar refractivity (Wildman–Crippen MR) is 37.6 cm³/mol. The molecule has 2 rings (SSSR count). The second kappa shape index (κ2) is 1.83. The van der Waals surface area contributed by atoms with Crippen molar-refractivity contribution >= 4 is 23.5 Å². The Morgan fingerprint density at radius 1 is 1.40 bits per heavy atom. The lowest BCUT2D eigenvalue weighted by Crippen LogP contribution is -2.20. The van der Waals surface area contributed by atoms with E-state index in [0.717, 1.165) is 5.71 Å². The van der Waals surface area contributed by atoms with Gasteiger partial charge in [0.2, 0.25) is 5.91 Å². The Hall–Kier alpha value is -1.32. The molecule has 0 aromatic carbocycles. The molecule has 10 heavy (non-hydrogen) atoms. The van der Waals surface area contributed by atoms with Crippen molar-refractivity contribution in [3.05, 3.63) is 0 Å². The van der Waals surface area contributed by atoms with Crippen LogP contribution in [0.2, 0.25) is 0 Å². The van der Waals surface area contributed by atoms with Crippen LogP contribution >= 0.6 is 0 Å². The van der Waals surface area contributed by atoms with Gasteiger partial charge in [0, 0.05) is 12.8 Å². The van der Waals surface area contributed by atoms with Crippen LogP contribution in [0.5, 0.6) is 0 Å². The van der Waals surface area contributed by atoms with Gasteiger partial charge in [-0.05, 0) is 0 Å². The first-order valence-electron chi connectivity index (χ1n) is 3.08. The second-order valence-corrected chi connectivity index (χ2v) is 2.18. The van der Waals surface area contributed by atoms with Crippen LogP contribution in [0.4, 0.5) is 0 Å². The molecule has 0 radical (unpaired) electrons. The van der Waals surface area contributed by atoms with Crippen LogP contribution in [-0.4, -0.2) is 23.5 Å². The highest BCUT2D eigenvalue weighted by molar-refractivity contribution is 6.65. The molecule has 0 saturated heterocycles. The number of nitrogens with zero attached hydrogens (tertiary/aromatic N) is 3. The Balaban J connectivity index is 2.43. The second-order valence-electron chi connectivity index (χ2n) is 2.18. The molecular weight excluding hydrogens is 130 g/mol. The Bertz CT molecular complexity index is 275. The van der Waals surface area contributed by atoms with E-state index in [-0.39, 0.29) is 5.91 Å². The Labute approximate surface area is 57.4 Å². The number of fused-ring (bicyclic) bond motifs is 1. The summed E-state index contributed by atoms with van der Waals surface area (Å²) in [6.45, 7) is 0. The van der Waals surface area contributed by atoms with Gasteiger partial charge in [-0.1, -0.05) is 0 Å². The standard InChI is InChI=1S/C6H5N3O/c10-6-2-1-4-5(8-6)3-7-9-4/h3H,1-2H2. The molecule has 0 spiro atoms. The summed E-state index contributed by atoms with van der Waals surface area (Å²) in [5, 5.41) is 7.44. The van der Waals surface area contributed by atoms with Crippen molar-refractivity contribution < 1.29 is 4.79 Å². The van der Waals surface area contributed by atoms with Gasteiger partial charge in [-0.2, -0.15) is 10.2 Å². The number of hydrogen-bond donors (Lipinski definition) is 0. The molecule has 0 N–H and O–H groups in total. The fourth-order valence-corrected chi connectivity index (χ4v) is 0.966. The van der Waals surface area contributed by atoms with Crippen molar-refractivity contribution in [2.45, 2.75) is 12.8 Å². The zero-order valence-electron chi connectivity index (χ0n) is 5.24. The maximum Gasteiger partial charge on any atom is 0.246 e. The van der Waals surface area contributed by atoms with E-state index in [1.165, 1.54) is 6.21 Å². The number of aliphatic imine (C=N–C) groups is 1. The number of carbonyl (C=O) groups is 1. The first-order valence-corrected chi connectivity index (χ1v) is 3.08. The van der Waals surface area contributed by atoms with E-state index in [4.69, 9.17) is 0 Å². The molecule has 0 aromatic heterocycles. The van der Waals surface area contributed by atoms with Crippen molar-refractivity contribution in [1.29, 1.82) is 0 Å². The normalized spacial score (nSPS) is 22.2. The lowest BCUT2D eigenvalue weighted by molar-refractivity contribution is -0.117. The average molecular weight is 135 g/mol. The number of amides is 1. The Morgan fingerprint density at radius 2 is 2.30 bits per heavy atom. The lowest BCUT2D eigenvalue weighted by Gasteiger charge is -2.03. The van der Waals surface area contributed by atoms with Gasteiger partial charge in [0.25, 0.3) is 0 Å². The topological polar surface area (TPSA) is 54.1 Å². The molecule has 2 aliphatic heterocycles. The molecule has 50 valence electrons. The number of hydrogen-bond acceptors (Lipinski definition) is 3. The van der Waals surface area contributed by atoms with Gasteiger partial charge < -0.3 is 0 Å². The fraction of sp³-hybridized carbons (Fsp3) is 0.333. The molecular formula is C6H5N3O. The lowest BCUT2D eigenvalue weighted by atomic mass is 10.1. The molecule has 0 fully saturated rings. The van der Waals surface area contributed by atoms with Crippen molar-refractivity contribution in [3.8, 4) is 0 Å². The van der Waals surface area contributed by atoms with E-state index >= 15 is 0 Å². The fourth-order valence-electron chi connectivity index (χ4n) is 0.966. The molecule has 4 heteroatoms. The molecule has 0 unspecified atom stereocenters. The SMILES string of the molecule is O=C1CCC2=NN=CC2=N1. The van der Waals surface area contributed by atoms with Gasteiger partial charge in [0.15, 0.2) is 0 Å². The summed E-state index contributed by atoms with van der Waals surface area (Å²) < 4.78 is 0. The first-order chi connectivity index (χ1) is 4.86. The van der Waals surface area contributed by atoms with E-state index in [1.54, 1.807) is 0 Å². The van der Waals surface area contributed by atoms with Crippen LogP contribution in [0.15, 0.2) is 15.2 Å². The highest BCUT2D eigenvalue weighted by Crippen LogP contribution is 2.08. The summed E-state index contributed by atoms with van der Waals surface area (Å²) in [5.74, 6) is -0.0673. The van der Waals surface area contributed by atoms with Crippen LogP contribution in [0.25, 0.3) is 0 Å². The summed E-state index contributed by atoms with van der Waals surface area (Å²) >= 11 is 0. The third kappa shape index (κ3) is 0.689. The molecule has 0 saturated carbocycles. The van der Waals surface area contributed by atoms with E-state index in [1.807, 2.05) is 0 Å². The van der Waals surface area contributed by atoms with Gasteiger partial charge in [-0.15, -0.1) is 0 Å². The number of carbonyl (C=O) groups excluding carboxylic acids is 1. The zero-order valence-corrected chi connectivity index (χ0v) is 5.24. The molecule has 0 bridgehead atoms. The van der Waals surface area contributed by atoms with Crippen molar-refractivity contribution in [2.24, 2.45) is 15.2 Å². The van der Waals surface area contributed by atoms with Gasteiger partial charge >= 0.3 is 0 Å². The minimum atomic E-state index is -0.0673. The van der Waals surface area contributed by atoms with Gasteiger partial charge in [0.1, 0.15) is 5.71 Å². The highest BCUT2D eigenvalue weighted by atomic mass is 16.1. The molecule has 0 aromatic rings. The first kappa shape index (κ1) is 5.46. The van der Waals surface area contributed by atoms with Crippen LogP contribution in [0.3, 0.4) is 0 Å². The summed E-state index contributed by atoms with van der Waals surface area (Å²) in [5.41, 5.74) is 1.50. The highest BCUT2D eigenvalue weighted by Gasteiger charge is 2.19. The molecule has 0 aliphatic carbocycles. The van der Waals surface area contributed by atoms with Gasteiger partial charge in [0.05, 0.1) is 11.9 Å². The maximum atomic E-state index is 10.7. The van der Waals surface area contributed by atoms with Crippen molar-refractivity contribution in [2.75, 3.05) is 0 Å². The monoisotopic (exact) mass is 135 g/mol. The van der Waals surface area contributed by atoms with E-state index in [0.29, 0.717) is 18.6 Å². The summed E-state index contributed by atoms with van der Waals surface area (Å²) in [4.78, 5) is 14.4. The molecule has 2 heterocycles. The third-order valence-electron chi connectivity index (χ3n) is 1.47. The molecule has 4 nitrogen and oxygen atoms in total. The average Bonchev–Trinajstić information content (AvgIpc) is 2.33. The van der Waals surface area contributed by atoms with Crippen LogP contribution in [-0.2, 0) is 4.79 Å². The largest absolute Gasteiger partial charge is 0.273 e. The smallest absolute Gasteiger partial charge is 0.246 e. The van der Waals surface area contributed by atoms with E-state index in [2.05, 4.69) is 15.2 Å². The Kier molecular flexibility index (Phi) is 1.00. The van der Waals surface area contributed by atoms with Crippen LogP contribution < -0.4 is 0 Å². The predicted octanol–water partition coefficient (Wildman–Crippen LogP) is 0.188. The summed E-state index contributed by atoms with van der Waals surface area (Å²) in [6, 6.07) is 0. The molecule has 0 atom stereocenters. The number of rotatable bonds is 0. The third-order valence-corrected chi connectivity index (χ3v) is 1.47. The van der Waals surface area contributed by atoms with Crippen LogP contribution in [0.1, 0.15) is 12.8 Å². The Morgan fingerprint density at radius 3 is 3.20 bits per heavy atom. The quantitative estimate of drug-likeness (QED) is 0.467. The molecule has 1 amide bonds. The summed E-state index contributed by atoms with van der Waals surface area (Å²) in [6.07, 6.45) is 2.69. The van der Waals surface area contributed by atoms with Crippen LogP contribution in [0, 0.1) is 0 Å².